The Hall–Kier alpha value is -2.43. The summed E-state index contributed by atoms with van der Waals surface area (Å²) >= 11 is 0. The maximum Gasteiger partial charge on any atom is 0.337 e. The molecule has 0 aliphatic carbocycles. The van der Waals surface area contributed by atoms with Gasteiger partial charge in [0.15, 0.2) is 5.78 Å². The Morgan fingerprint density at radius 2 is 1.87 bits per heavy atom. The van der Waals surface area contributed by atoms with Crippen molar-refractivity contribution in [1.29, 1.82) is 0 Å². The van der Waals surface area contributed by atoms with E-state index in [1.54, 1.807) is 32.3 Å². The van der Waals surface area contributed by atoms with Gasteiger partial charge in [-0.1, -0.05) is 6.07 Å². The number of hydrogen-bond acceptors (Lipinski definition) is 5. The van der Waals surface area contributed by atoms with Gasteiger partial charge in [0.2, 0.25) is 0 Å². The van der Waals surface area contributed by atoms with Gasteiger partial charge in [-0.2, -0.15) is 0 Å². The summed E-state index contributed by atoms with van der Waals surface area (Å²) in [7, 11) is 0. The molecular weight excluding hydrogens is 292 g/mol. The predicted octanol–water partition coefficient (Wildman–Crippen LogP) is 2.86. The van der Waals surface area contributed by atoms with E-state index in [0.29, 0.717) is 16.8 Å². The zero-order valence-electron chi connectivity index (χ0n) is 14.1. The fourth-order valence-electron chi connectivity index (χ4n) is 2.89. The van der Waals surface area contributed by atoms with Crippen LogP contribution in [-0.2, 0) is 14.3 Å². The molecule has 1 aromatic heterocycles. The molecule has 1 aromatic rings. The molecule has 0 bridgehead atoms. The first-order chi connectivity index (χ1) is 10.8. The van der Waals surface area contributed by atoms with Crippen LogP contribution in [0.25, 0.3) is 0 Å². The van der Waals surface area contributed by atoms with Gasteiger partial charge in [0, 0.05) is 35.3 Å². The van der Waals surface area contributed by atoms with E-state index in [2.05, 4.69) is 10.3 Å². The Kier molecular flexibility index (Phi) is 4.98. The van der Waals surface area contributed by atoms with E-state index >= 15 is 0 Å². The van der Waals surface area contributed by atoms with Gasteiger partial charge in [-0.3, -0.25) is 9.78 Å². The third-order valence-electron chi connectivity index (χ3n) is 3.72. The quantitative estimate of drug-likeness (QED) is 0.866. The number of esters is 1. The molecule has 0 saturated carbocycles. The summed E-state index contributed by atoms with van der Waals surface area (Å²) in [6.45, 7) is 8.77. The first-order valence-electron chi connectivity index (χ1n) is 7.63. The standard InChI is InChI=1S/C18H22N2O3/c1-10(2)23-18(22)16-12(4)20-11(3)15(13(5)21)17(16)14-7-6-8-19-9-14/h6-10,17,20H,1-5H3. The van der Waals surface area contributed by atoms with E-state index < -0.39 is 11.9 Å². The number of carbonyl (C=O) groups excluding carboxylic acids is 2. The number of ketones is 1. The third kappa shape index (κ3) is 3.50. The average Bonchev–Trinajstić information content (AvgIpc) is 2.45. The topological polar surface area (TPSA) is 68.3 Å². The van der Waals surface area contributed by atoms with Gasteiger partial charge >= 0.3 is 5.97 Å². The fraction of sp³-hybridized carbons (Fsp3) is 0.389. The predicted molar refractivity (Wildman–Crippen MR) is 87.4 cm³/mol. The van der Waals surface area contributed by atoms with Crippen LogP contribution in [0.15, 0.2) is 47.1 Å². The monoisotopic (exact) mass is 314 g/mol. The lowest BCUT2D eigenvalue weighted by molar-refractivity contribution is -0.143. The summed E-state index contributed by atoms with van der Waals surface area (Å²) in [6.07, 6.45) is 3.12. The second-order valence-corrected chi connectivity index (χ2v) is 5.93. The van der Waals surface area contributed by atoms with Crippen LogP contribution in [0.1, 0.15) is 46.1 Å². The van der Waals surface area contributed by atoms with Crippen LogP contribution in [0.4, 0.5) is 0 Å². The van der Waals surface area contributed by atoms with Crippen molar-refractivity contribution in [2.75, 3.05) is 0 Å². The minimum Gasteiger partial charge on any atom is -0.460 e. The minimum atomic E-state index is -0.464. The zero-order valence-corrected chi connectivity index (χ0v) is 14.1. The number of pyridine rings is 1. The lowest BCUT2D eigenvalue weighted by Gasteiger charge is -2.30. The number of allylic oxidation sites excluding steroid dienone is 3. The van der Waals surface area contributed by atoms with Gasteiger partial charge in [-0.05, 0) is 46.2 Å². The smallest absolute Gasteiger partial charge is 0.337 e. The number of nitrogens with one attached hydrogen (secondary N) is 1. The van der Waals surface area contributed by atoms with E-state index in [0.717, 1.165) is 11.3 Å². The van der Waals surface area contributed by atoms with Gasteiger partial charge in [0.05, 0.1) is 11.7 Å². The molecule has 0 radical (unpaired) electrons. The highest BCUT2D eigenvalue weighted by Crippen LogP contribution is 2.38. The van der Waals surface area contributed by atoms with Crippen molar-refractivity contribution in [3.05, 3.63) is 52.6 Å². The summed E-state index contributed by atoms with van der Waals surface area (Å²) in [6, 6.07) is 3.67. The van der Waals surface area contributed by atoms with E-state index in [-0.39, 0.29) is 11.9 Å². The minimum absolute atomic E-state index is 0.0776. The Balaban J connectivity index is 2.60. The van der Waals surface area contributed by atoms with Crippen LogP contribution in [0.3, 0.4) is 0 Å². The molecule has 0 aromatic carbocycles. The summed E-state index contributed by atoms with van der Waals surface area (Å²) < 4.78 is 5.38. The summed E-state index contributed by atoms with van der Waals surface area (Å²) in [5.41, 5.74) is 3.28. The van der Waals surface area contributed by atoms with Gasteiger partial charge in [-0.25, -0.2) is 4.79 Å². The molecule has 5 nitrogen and oxygen atoms in total. The van der Waals surface area contributed by atoms with Gasteiger partial charge in [-0.15, -0.1) is 0 Å². The molecule has 2 heterocycles. The van der Waals surface area contributed by atoms with E-state index in [1.807, 2.05) is 19.9 Å². The molecule has 0 fully saturated rings. The maximum atomic E-state index is 12.6. The molecule has 1 aliphatic heterocycles. The third-order valence-corrected chi connectivity index (χ3v) is 3.72. The average molecular weight is 314 g/mol. The normalized spacial score (nSPS) is 18.1. The van der Waals surface area contributed by atoms with Crippen LogP contribution in [0.2, 0.25) is 0 Å². The number of hydrogen-bond donors (Lipinski definition) is 1. The second-order valence-electron chi connectivity index (χ2n) is 5.93. The number of aromatic nitrogens is 1. The Labute approximate surface area is 136 Å². The number of nitrogens with zero attached hydrogens (tertiary/aromatic N) is 1. The van der Waals surface area contributed by atoms with Crippen LogP contribution in [0.5, 0.6) is 0 Å². The molecule has 122 valence electrons. The highest BCUT2D eigenvalue weighted by Gasteiger charge is 2.36. The first kappa shape index (κ1) is 16.9. The highest BCUT2D eigenvalue weighted by atomic mass is 16.5. The SMILES string of the molecule is CC(=O)C1=C(C)NC(C)=C(C(=O)OC(C)C)C1c1cccnc1. The highest BCUT2D eigenvalue weighted by molar-refractivity contribution is 6.02. The zero-order chi connectivity index (χ0) is 17.1. The van der Waals surface area contributed by atoms with Gasteiger partial charge in [0.1, 0.15) is 0 Å². The number of dihydropyridines is 1. The molecule has 1 N–H and O–H groups in total. The fourth-order valence-corrected chi connectivity index (χ4v) is 2.89. The first-order valence-corrected chi connectivity index (χ1v) is 7.63. The van der Waals surface area contributed by atoms with E-state index in [4.69, 9.17) is 4.74 Å². The lowest BCUT2D eigenvalue weighted by atomic mass is 9.79. The Morgan fingerprint density at radius 3 is 2.39 bits per heavy atom. The molecule has 5 heteroatoms. The van der Waals surface area contributed by atoms with Crippen molar-refractivity contribution < 1.29 is 14.3 Å². The molecule has 1 unspecified atom stereocenters. The molecule has 1 atom stereocenters. The lowest BCUT2D eigenvalue weighted by Crippen LogP contribution is -2.32. The summed E-state index contributed by atoms with van der Waals surface area (Å²) in [4.78, 5) is 28.9. The maximum absolute atomic E-state index is 12.6. The van der Waals surface area contributed by atoms with Crippen molar-refractivity contribution >= 4 is 11.8 Å². The summed E-state index contributed by atoms with van der Waals surface area (Å²) in [5.74, 6) is -0.954. The number of carbonyl (C=O) groups is 2. The van der Waals surface area contributed by atoms with Crippen molar-refractivity contribution in [2.45, 2.75) is 46.6 Å². The van der Waals surface area contributed by atoms with Crippen molar-refractivity contribution in [2.24, 2.45) is 0 Å². The second kappa shape index (κ2) is 6.77. The number of Topliss-reactive ketones (excluding diaryl/α,β-unsaturated/α-hetero) is 1. The van der Waals surface area contributed by atoms with Crippen molar-refractivity contribution in [3.8, 4) is 0 Å². The van der Waals surface area contributed by atoms with Crippen LogP contribution >= 0.6 is 0 Å². The van der Waals surface area contributed by atoms with Crippen molar-refractivity contribution in [3.63, 3.8) is 0 Å². The van der Waals surface area contributed by atoms with Crippen LogP contribution < -0.4 is 5.32 Å². The number of rotatable bonds is 4. The van der Waals surface area contributed by atoms with Crippen LogP contribution in [-0.4, -0.2) is 22.8 Å². The Bertz CT molecular complexity index is 687. The van der Waals surface area contributed by atoms with E-state index in [9.17, 15) is 9.59 Å². The Morgan fingerprint density at radius 1 is 1.22 bits per heavy atom. The van der Waals surface area contributed by atoms with Gasteiger partial charge < -0.3 is 10.1 Å². The molecule has 2 rings (SSSR count). The molecule has 0 spiro atoms. The summed E-state index contributed by atoms with van der Waals surface area (Å²) in [5, 5.41) is 3.13. The molecule has 0 saturated heterocycles. The van der Waals surface area contributed by atoms with E-state index in [1.165, 1.54) is 6.92 Å². The van der Waals surface area contributed by atoms with Crippen molar-refractivity contribution in [1.82, 2.24) is 10.3 Å². The molecule has 1 aliphatic rings. The van der Waals surface area contributed by atoms with Crippen LogP contribution in [0, 0.1) is 0 Å². The van der Waals surface area contributed by atoms with Gasteiger partial charge in [0.25, 0.3) is 0 Å². The molecular formula is C18H22N2O3. The molecule has 0 amide bonds. The molecule has 23 heavy (non-hydrogen) atoms. The number of ether oxygens (including phenoxy) is 1. The largest absolute Gasteiger partial charge is 0.460 e.